The molecule has 0 aromatic heterocycles. The summed E-state index contributed by atoms with van der Waals surface area (Å²) in [6.07, 6.45) is 3.71. The van der Waals surface area contributed by atoms with Gasteiger partial charge in [-0.25, -0.2) is 0 Å². The first-order valence-electron chi connectivity index (χ1n) is 7.98. The van der Waals surface area contributed by atoms with Crippen molar-refractivity contribution in [1.29, 1.82) is 0 Å². The van der Waals surface area contributed by atoms with Crippen molar-refractivity contribution in [1.82, 2.24) is 9.80 Å². The van der Waals surface area contributed by atoms with Crippen molar-refractivity contribution in [3.05, 3.63) is 29.8 Å². The molecule has 3 rings (SSSR count). The van der Waals surface area contributed by atoms with Gasteiger partial charge in [-0.15, -0.1) is 0 Å². The molecule has 0 aliphatic carbocycles. The topological polar surface area (TPSA) is 60.9 Å². The molecule has 2 aliphatic heterocycles. The molecule has 22 heavy (non-hydrogen) atoms. The number of nitrogens with zero attached hydrogens (tertiary/aromatic N) is 2. The van der Waals surface area contributed by atoms with Crippen LogP contribution in [0.2, 0.25) is 0 Å². The summed E-state index contributed by atoms with van der Waals surface area (Å²) in [5, 5.41) is 9.45. The van der Waals surface area contributed by atoms with Crippen molar-refractivity contribution in [2.75, 3.05) is 19.6 Å². The van der Waals surface area contributed by atoms with Gasteiger partial charge in [0.2, 0.25) is 11.8 Å². The Morgan fingerprint density at radius 3 is 2.64 bits per heavy atom. The zero-order valence-electron chi connectivity index (χ0n) is 12.7. The Hall–Kier alpha value is -2.04. The highest BCUT2D eigenvalue weighted by atomic mass is 16.3. The van der Waals surface area contributed by atoms with E-state index in [4.69, 9.17) is 0 Å². The number of benzene rings is 1. The molecule has 0 spiro atoms. The van der Waals surface area contributed by atoms with Gasteiger partial charge in [-0.2, -0.15) is 0 Å². The molecule has 5 nitrogen and oxygen atoms in total. The van der Waals surface area contributed by atoms with E-state index < -0.39 is 0 Å². The summed E-state index contributed by atoms with van der Waals surface area (Å²) in [5.41, 5.74) is 0.835. The SMILES string of the molecule is O=C(Cc1cccc(O)c1)N1CCC(N2CCCC2=O)CC1. The molecular formula is C17H22N2O3. The molecule has 0 unspecified atom stereocenters. The molecule has 5 heteroatoms. The van der Waals surface area contributed by atoms with Crippen LogP contribution >= 0.6 is 0 Å². The van der Waals surface area contributed by atoms with Gasteiger partial charge in [0.25, 0.3) is 0 Å². The predicted octanol–water partition coefficient (Wildman–Crippen LogP) is 1.55. The molecule has 0 radical (unpaired) electrons. The van der Waals surface area contributed by atoms with Gasteiger partial charge in [0, 0.05) is 32.1 Å². The van der Waals surface area contributed by atoms with Crippen molar-refractivity contribution in [2.45, 2.75) is 38.1 Å². The summed E-state index contributed by atoms with van der Waals surface area (Å²) >= 11 is 0. The van der Waals surface area contributed by atoms with E-state index in [9.17, 15) is 14.7 Å². The number of phenols is 1. The fraction of sp³-hybridized carbons (Fsp3) is 0.529. The highest BCUT2D eigenvalue weighted by Crippen LogP contribution is 2.22. The van der Waals surface area contributed by atoms with Gasteiger partial charge in [0.15, 0.2) is 0 Å². The van der Waals surface area contributed by atoms with Crippen LogP contribution in [0.4, 0.5) is 0 Å². The molecule has 118 valence electrons. The molecular weight excluding hydrogens is 280 g/mol. The van der Waals surface area contributed by atoms with Crippen LogP contribution in [0.15, 0.2) is 24.3 Å². The molecule has 2 aliphatic rings. The standard InChI is InChI=1S/C17H22N2O3/c20-15-4-1-3-13(11-15)12-17(22)18-9-6-14(7-10-18)19-8-2-5-16(19)21/h1,3-4,11,14,20H,2,5-10,12H2. The molecule has 2 fully saturated rings. The fourth-order valence-electron chi connectivity index (χ4n) is 3.43. The Balaban J connectivity index is 1.52. The largest absolute Gasteiger partial charge is 0.508 e. The first kappa shape index (κ1) is 14.9. The van der Waals surface area contributed by atoms with E-state index >= 15 is 0 Å². The summed E-state index contributed by atoms with van der Waals surface area (Å²) in [7, 11) is 0. The Kier molecular flexibility index (Phi) is 4.32. The second-order valence-corrected chi connectivity index (χ2v) is 6.15. The lowest BCUT2D eigenvalue weighted by atomic mass is 10.0. The Morgan fingerprint density at radius 1 is 1.23 bits per heavy atom. The van der Waals surface area contributed by atoms with Gasteiger partial charge < -0.3 is 14.9 Å². The Labute approximate surface area is 130 Å². The van der Waals surface area contributed by atoms with Gasteiger partial charge in [-0.05, 0) is 37.0 Å². The van der Waals surface area contributed by atoms with Crippen LogP contribution in [0.1, 0.15) is 31.2 Å². The first-order valence-corrected chi connectivity index (χ1v) is 7.98. The second kappa shape index (κ2) is 6.38. The van der Waals surface area contributed by atoms with Gasteiger partial charge in [0.1, 0.15) is 5.75 Å². The van der Waals surface area contributed by atoms with Crippen molar-refractivity contribution in [3.8, 4) is 5.75 Å². The minimum atomic E-state index is 0.0943. The molecule has 1 N–H and O–H groups in total. The number of phenolic OH excluding ortho intramolecular Hbond substituents is 1. The maximum absolute atomic E-state index is 12.3. The molecule has 2 heterocycles. The van der Waals surface area contributed by atoms with Crippen molar-refractivity contribution in [3.63, 3.8) is 0 Å². The van der Waals surface area contributed by atoms with Crippen LogP contribution in [-0.4, -0.2) is 52.4 Å². The summed E-state index contributed by atoms with van der Waals surface area (Å²) in [4.78, 5) is 28.0. The number of carbonyl (C=O) groups is 2. The normalized spacial score (nSPS) is 19.7. The Morgan fingerprint density at radius 2 is 2.00 bits per heavy atom. The van der Waals surface area contributed by atoms with Gasteiger partial charge in [0.05, 0.1) is 6.42 Å². The van der Waals surface area contributed by atoms with E-state index in [1.165, 1.54) is 0 Å². The summed E-state index contributed by atoms with van der Waals surface area (Å²) < 4.78 is 0. The average molecular weight is 302 g/mol. The first-order chi connectivity index (χ1) is 10.6. The fourth-order valence-corrected chi connectivity index (χ4v) is 3.43. The van der Waals surface area contributed by atoms with Crippen molar-refractivity contribution in [2.24, 2.45) is 0 Å². The van der Waals surface area contributed by atoms with Crippen LogP contribution in [0.25, 0.3) is 0 Å². The van der Waals surface area contributed by atoms with Gasteiger partial charge >= 0.3 is 0 Å². The molecule has 1 aromatic carbocycles. The monoisotopic (exact) mass is 302 g/mol. The number of hydrogen-bond donors (Lipinski definition) is 1. The number of carbonyl (C=O) groups excluding carboxylic acids is 2. The third kappa shape index (κ3) is 3.24. The molecule has 1 aromatic rings. The number of rotatable bonds is 3. The van der Waals surface area contributed by atoms with Crippen LogP contribution in [0.5, 0.6) is 5.75 Å². The predicted molar refractivity (Wildman–Crippen MR) is 82.4 cm³/mol. The maximum atomic E-state index is 12.3. The highest BCUT2D eigenvalue weighted by Gasteiger charge is 2.31. The number of aromatic hydroxyl groups is 1. The van der Waals surface area contributed by atoms with Gasteiger partial charge in [-0.1, -0.05) is 12.1 Å². The van der Waals surface area contributed by atoms with Crippen molar-refractivity contribution >= 4 is 11.8 Å². The minimum Gasteiger partial charge on any atom is -0.508 e. The van der Waals surface area contributed by atoms with E-state index in [1.54, 1.807) is 18.2 Å². The molecule has 0 saturated carbocycles. The van der Waals surface area contributed by atoms with Crippen LogP contribution < -0.4 is 0 Å². The Bertz CT molecular complexity index is 565. The lowest BCUT2D eigenvalue weighted by Gasteiger charge is -2.36. The van der Waals surface area contributed by atoms with E-state index in [0.29, 0.717) is 32.0 Å². The number of likely N-dealkylation sites (tertiary alicyclic amines) is 2. The summed E-state index contributed by atoms with van der Waals surface area (Å²) in [6, 6.07) is 7.15. The minimum absolute atomic E-state index is 0.0943. The zero-order chi connectivity index (χ0) is 15.5. The zero-order valence-corrected chi connectivity index (χ0v) is 12.7. The van der Waals surface area contributed by atoms with Crippen molar-refractivity contribution < 1.29 is 14.7 Å². The van der Waals surface area contributed by atoms with Crippen LogP contribution in [0.3, 0.4) is 0 Å². The lowest BCUT2D eigenvalue weighted by molar-refractivity contribution is -0.134. The molecule has 2 amide bonds. The van der Waals surface area contributed by atoms with E-state index in [2.05, 4.69) is 0 Å². The van der Waals surface area contributed by atoms with E-state index in [1.807, 2.05) is 15.9 Å². The molecule has 0 atom stereocenters. The maximum Gasteiger partial charge on any atom is 0.226 e. The third-order valence-corrected chi connectivity index (χ3v) is 4.63. The highest BCUT2D eigenvalue weighted by molar-refractivity contribution is 5.79. The van der Waals surface area contributed by atoms with E-state index in [0.717, 1.165) is 31.4 Å². The third-order valence-electron chi connectivity index (χ3n) is 4.63. The van der Waals surface area contributed by atoms with Gasteiger partial charge in [-0.3, -0.25) is 9.59 Å². The summed E-state index contributed by atoms with van der Waals surface area (Å²) in [6.45, 7) is 2.30. The average Bonchev–Trinajstić information content (AvgIpc) is 2.93. The number of amides is 2. The molecule has 2 saturated heterocycles. The number of hydrogen-bond acceptors (Lipinski definition) is 3. The smallest absolute Gasteiger partial charge is 0.226 e. The van der Waals surface area contributed by atoms with Crippen LogP contribution in [0, 0.1) is 0 Å². The quantitative estimate of drug-likeness (QED) is 0.921. The van der Waals surface area contributed by atoms with Crippen LogP contribution in [-0.2, 0) is 16.0 Å². The van der Waals surface area contributed by atoms with E-state index in [-0.39, 0.29) is 17.6 Å². The molecule has 0 bridgehead atoms. The second-order valence-electron chi connectivity index (χ2n) is 6.15. The summed E-state index contributed by atoms with van der Waals surface area (Å²) in [5.74, 6) is 0.554. The number of piperidine rings is 1. The lowest BCUT2D eigenvalue weighted by Crippen LogP contribution is -2.47.